The molecule has 0 heterocycles. The molecule has 0 aromatic heterocycles. The van der Waals surface area contributed by atoms with Gasteiger partial charge in [0.05, 0.1) is 39.0 Å². The zero-order valence-corrected chi connectivity index (χ0v) is 30.1. The van der Waals surface area contributed by atoms with E-state index in [-0.39, 0.29) is 21.8 Å². The number of aryl methyl sites for hydroxylation is 1. The van der Waals surface area contributed by atoms with Crippen molar-refractivity contribution in [2.75, 3.05) is 22.2 Å². The van der Waals surface area contributed by atoms with Gasteiger partial charge in [0.15, 0.2) is 5.78 Å². The van der Waals surface area contributed by atoms with Crippen molar-refractivity contribution in [2.24, 2.45) is 25.6 Å². The van der Waals surface area contributed by atoms with Gasteiger partial charge in [-0.2, -0.15) is 23.7 Å². The summed E-state index contributed by atoms with van der Waals surface area (Å²) >= 11 is 0. The van der Waals surface area contributed by atoms with Crippen LogP contribution < -0.4 is 22.2 Å². The van der Waals surface area contributed by atoms with Crippen molar-refractivity contribution in [3.05, 3.63) is 138 Å². The number of amides is 1. The monoisotopic (exact) mass is 769 g/mol. The molecule has 0 radical (unpaired) electrons. The average Bonchev–Trinajstić information content (AvgIpc) is 3.19. The number of hydrogen-bond acceptors (Lipinski definition) is 13. The molecule has 0 saturated carbocycles. The van der Waals surface area contributed by atoms with Gasteiger partial charge in [-0.25, -0.2) is 4.79 Å². The second-order valence-electron chi connectivity index (χ2n) is 12.1. The molecule has 8 N–H and O–H groups in total. The van der Waals surface area contributed by atoms with Crippen molar-refractivity contribution in [1.82, 2.24) is 0 Å². The van der Waals surface area contributed by atoms with Crippen LogP contribution in [0.1, 0.15) is 15.9 Å². The Labute approximate surface area is 319 Å². The molecule has 0 spiro atoms. The van der Waals surface area contributed by atoms with Gasteiger partial charge in [-0.05, 0) is 121 Å². The van der Waals surface area contributed by atoms with Crippen LogP contribution in [0, 0.1) is 6.92 Å². The van der Waals surface area contributed by atoms with E-state index in [1.54, 1.807) is 37.3 Å². The summed E-state index contributed by atoms with van der Waals surface area (Å²) in [5.74, 6) is -2.36. The molecule has 1 aliphatic carbocycles. The number of carbonyl (C=O) groups is 3. The van der Waals surface area contributed by atoms with Crippen LogP contribution in [0.5, 0.6) is 0 Å². The van der Waals surface area contributed by atoms with E-state index >= 15 is 0 Å². The first kappa shape index (κ1) is 38.1. The number of azo groups is 2. The summed E-state index contributed by atoms with van der Waals surface area (Å²) < 4.78 is 31.6. The second kappa shape index (κ2) is 16.2. The van der Waals surface area contributed by atoms with E-state index in [0.29, 0.717) is 51.0 Å². The van der Waals surface area contributed by atoms with Gasteiger partial charge < -0.3 is 21.9 Å². The summed E-state index contributed by atoms with van der Waals surface area (Å²) in [5.41, 5.74) is 21.3. The number of carboxylic acid groups (broad SMARTS) is 1. The van der Waals surface area contributed by atoms with E-state index < -0.39 is 27.8 Å². The van der Waals surface area contributed by atoms with Crippen LogP contribution in [-0.4, -0.2) is 41.4 Å². The Balaban J connectivity index is 1.09. The highest BCUT2D eigenvalue weighted by molar-refractivity contribution is 7.85. The van der Waals surface area contributed by atoms with Crippen molar-refractivity contribution < 1.29 is 32.5 Å². The van der Waals surface area contributed by atoms with E-state index in [1.165, 1.54) is 48.6 Å². The predicted molar refractivity (Wildman–Crippen MR) is 212 cm³/mol. The number of benzene rings is 5. The van der Waals surface area contributed by atoms with Crippen LogP contribution in [-0.2, 0) is 19.7 Å². The van der Waals surface area contributed by atoms with Crippen molar-refractivity contribution in [3.63, 3.8) is 0 Å². The molecular formula is C39H31N9O7S. The Morgan fingerprint density at radius 1 is 0.714 bits per heavy atom. The number of allylic oxidation sites excluding steroid dienone is 3. The Morgan fingerprint density at radius 3 is 1.89 bits per heavy atom. The molecule has 5 aromatic rings. The minimum Gasteiger partial charge on any atom is -0.478 e. The lowest BCUT2D eigenvalue weighted by atomic mass is 10.0. The van der Waals surface area contributed by atoms with Gasteiger partial charge in [-0.3, -0.25) is 19.6 Å². The molecule has 280 valence electrons. The van der Waals surface area contributed by atoms with Crippen LogP contribution in [0.2, 0.25) is 0 Å². The maximum atomic E-state index is 12.7. The molecule has 0 bridgehead atoms. The quantitative estimate of drug-likeness (QED) is 0.0188. The Morgan fingerprint density at radius 2 is 1.29 bits per heavy atom. The number of hydrazone groups is 1. The molecule has 5 aromatic carbocycles. The van der Waals surface area contributed by atoms with Gasteiger partial charge in [0.2, 0.25) is 0 Å². The molecule has 0 aliphatic heterocycles. The highest BCUT2D eigenvalue weighted by Gasteiger charge is 2.19. The number of nitrogen functional groups attached to an aromatic ring is 2. The normalized spacial score (nSPS) is 13.6. The molecule has 56 heavy (non-hydrogen) atoms. The third-order valence-corrected chi connectivity index (χ3v) is 9.10. The first-order valence-electron chi connectivity index (χ1n) is 16.5. The first-order valence-corrected chi connectivity index (χ1v) is 17.9. The second-order valence-corrected chi connectivity index (χ2v) is 13.5. The van der Waals surface area contributed by atoms with E-state index in [2.05, 4.69) is 36.3 Å². The topological polar surface area (TPSA) is 264 Å². The Bertz CT molecular complexity index is 2620. The highest BCUT2D eigenvalue weighted by atomic mass is 32.2. The molecule has 17 heteroatoms. The number of nitrogens with one attached hydrogen (secondary N) is 2. The molecule has 0 fully saturated rings. The highest BCUT2D eigenvalue weighted by Crippen LogP contribution is 2.41. The van der Waals surface area contributed by atoms with Crippen LogP contribution >= 0.6 is 0 Å². The van der Waals surface area contributed by atoms with Crippen LogP contribution in [0.3, 0.4) is 0 Å². The smallest absolute Gasteiger partial charge is 0.339 e. The number of anilines is 4. The average molecular weight is 770 g/mol. The van der Waals surface area contributed by atoms with E-state index in [0.717, 1.165) is 17.2 Å². The summed E-state index contributed by atoms with van der Waals surface area (Å²) in [5, 5.41) is 33.2. The maximum Gasteiger partial charge on any atom is 0.339 e. The predicted octanol–water partition coefficient (Wildman–Crippen LogP) is 8.07. The lowest BCUT2D eigenvalue weighted by Crippen LogP contribution is -2.15. The minimum absolute atomic E-state index is 0.165. The fourth-order valence-corrected chi connectivity index (χ4v) is 5.64. The molecule has 0 atom stereocenters. The standard InChI is InChI=1S/C39H31N9O7S/c1-22-20-33(36(41)37(35(22)40)48-45-29-12-6-25(7-13-29)38(50)42-26-14-17-31(18-15-26)56(53,54)55)47-44-28-10-4-24(5-11-28)23-2-8-27(9-3-23)43-46-30-16-19-34(49)32(21-30)39(51)52/h2-21,43H,40-41H2,1H3,(H,42,50)(H,51,52)(H,53,54,55). The van der Waals surface area contributed by atoms with Gasteiger partial charge in [0.25, 0.3) is 16.0 Å². The lowest BCUT2D eigenvalue weighted by Gasteiger charge is -2.09. The number of rotatable bonds is 11. The molecule has 0 unspecified atom stereocenters. The zero-order valence-electron chi connectivity index (χ0n) is 29.3. The Hall–Kier alpha value is -7.63. The summed E-state index contributed by atoms with van der Waals surface area (Å²) in [6, 6.07) is 27.7. The van der Waals surface area contributed by atoms with Crippen molar-refractivity contribution >= 4 is 79.0 Å². The number of nitrogens with two attached hydrogens (primary N) is 2. The van der Waals surface area contributed by atoms with E-state index in [1.807, 2.05) is 36.4 Å². The summed E-state index contributed by atoms with van der Waals surface area (Å²) in [6.07, 6.45) is 3.80. The fraction of sp³-hybridized carbons (Fsp3) is 0.0256. The number of carboxylic acids is 1. The minimum atomic E-state index is -4.35. The number of ketones is 1. The van der Waals surface area contributed by atoms with Crippen LogP contribution in [0.15, 0.2) is 157 Å². The van der Waals surface area contributed by atoms with E-state index in [9.17, 15) is 22.8 Å². The third-order valence-electron chi connectivity index (χ3n) is 8.24. The van der Waals surface area contributed by atoms with Crippen molar-refractivity contribution in [1.29, 1.82) is 0 Å². The first-order chi connectivity index (χ1) is 26.7. The summed E-state index contributed by atoms with van der Waals surface area (Å²) in [6.45, 7) is 1.78. The molecular weight excluding hydrogens is 739 g/mol. The van der Waals surface area contributed by atoms with Crippen molar-refractivity contribution in [3.8, 4) is 11.1 Å². The number of carbonyl (C=O) groups excluding carboxylic acids is 2. The van der Waals surface area contributed by atoms with Crippen LogP contribution in [0.25, 0.3) is 11.1 Å². The maximum absolute atomic E-state index is 12.7. The SMILES string of the molecule is Cc1cc(N=Nc2ccc(-c3ccc(NN=C4C=CC(=O)C(C(=O)O)=C4)cc3)cc2)c(N)c(N=Nc2ccc(C(=O)Nc3ccc(S(=O)(=O)O)cc3)cc2)c1N. The molecule has 1 amide bonds. The number of hydrogen-bond donors (Lipinski definition) is 6. The summed E-state index contributed by atoms with van der Waals surface area (Å²) in [7, 11) is -4.35. The molecule has 6 rings (SSSR count). The van der Waals surface area contributed by atoms with Crippen molar-refractivity contribution in [2.45, 2.75) is 11.8 Å². The number of nitrogens with zero attached hydrogens (tertiary/aromatic N) is 5. The lowest BCUT2D eigenvalue weighted by molar-refractivity contribution is -0.134. The largest absolute Gasteiger partial charge is 0.478 e. The van der Waals surface area contributed by atoms with Crippen LogP contribution in [0.4, 0.5) is 45.5 Å². The third kappa shape index (κ3) is 9.11. The number of aliphatic carboxylic acids is 1. The zero-order chi connectivity index (χ0) is 40.0. The van der Waals surface area contributed by atoms with Gasteiger partial charge in [0, 0.05) is 11.3 Å². The fourth-order valence-electron chi connectivity index (χ4n) is 5.16. The van der Waals surface area contributed by atoms with Gasteiger partial charge in [-0.15, -0.1) is 10.2 Å². The Kier molecular flexibility index (Phi) is 11.0. The van der Waals surface area contributed by atoms with Gasteiger partial charge in [-0.1, -0.05) is 24.3 Å². The molecule has 1 aliphatic rings. The summed E-state index contributed by atoms with van der Waals surface area (Å²) in [4.78, 5) is 35.3. The van der Waals surface area contributed by atoms with Gasteiger partial charge in [0.1, 0.15) is 16.9 Å². The van der Waals surface area contributed by atoms with Gasteiger partial charge >= 0.3 is 5.97 Å². The molecule has 16 nitrogen and oxygen atoms in total. The van der Waals surface area contributed by atoms with E-state index in [4.69, 9.17) is 21.1 Å². The molecule has 0 saturated heterocycles.